The van der Waals surface area contributed by atoms with Crippen LogP contribution in [0, 0.1) is 18.3 Å². The quantitative estimate of drug-likeness (QED) is 0.672. The number of fused-ring (bicyclic) bond motifs is 2. The molecule has 3 aromatic rings. The molecule has 2 atom stereocenters. The molecule has 152 valence electrons. The second-order valence-corrected chi connectivity index (χ2v) is 8.41. The lowest BCUT2D eigenvalue weighted by Gasteiger charge is -2.39. The van der Waals surface area contributed by atoms with E-state index in [0.29, 0.717) is 11.1 Å². The van der Waals surface area contributed by atoms with Crippen molar-refractivity contribution in [3.05, 3.63) is 65.0 Å². The molecule has 1 fully saturated rings. The summed E-state index contributed by atoms with van der Waals surface area (Å²) in [5, 5.41) is 9.41. The van der Waals surface area contributed by atoms with Crippen molar-refractivity contribution in [3.8, 4) is 6.07 Å². The van der Waals surface area contributed by atoms with Crippen LogP contribution in [0.4, 0.5) is 5.69 Å². The third-order valence-corrected chi connectivity index (χ3v) is 6.00. The first kappa shape index (κ1) is 19.0. The molecule has 2 aliphatic heterocycles. The zero-order valence-corrected chi connectivity index (χ0v) is 17.4. The molecule has 0 saturated carbocycles. The lowest BCUT2D eigenvalue weighted by molar-refractivity contribution is -0.0329. The Hall–Kier alpha value is -3.01. The first-order chi connectivity index (χ1) is 14.6. The molecular weight excluding hydrogens is 374 g/mol. The molecule has 2 aromatic carbocycles. The Balaban J connectivity index is 1.36. The maximum absolute atomic E-state index is 9.41. The highest BCUT2D eigenvalue weighted by Gasteiger charge is 2.30. The highest BCUT2D eigenvalue weighted by atomic mass is 16.5. The summed E-state index contributed by atoms with van der Waals surface area (Å²) in [6.45, 7) is 8.73. The van der Waals surface area contributed by atoms with Crippen LogP contribution in [0.5, 0.6) is 0 Å². The Morgan fingerprint density at radius 2 is 1.87 bits per heavy atom. The Morgan fingerprint density at radius 1 is 1.07 bits per heavy atom. The maximum atomic E-state index is 9.41. The van der Waals surface area contributed by atoms with E-state index in [1.165, 1.54) is 16.7 Å². The van der Waals surface area contributed by atoms with Gasteiger partial charge >= 0.3 is 0 Å². The first-order valence-corrected chi connectivity index (χ1v) is 10.5. The predicted molar refractivity (Wildman–Crippen MR) is 116 cm³/mol. The van der Waals surface area contributed by atoms with E-state index < -0.39 is 0 Å². The van der Waals surface area contributed by atoms with Crippen molar-refractivity contribution in [1.29, 1.82) is 5.26 Å². The number of ether oxygens (including phenoxy) is 1. The van der Waals surface area contributed by atoms with E-state index in [1.54, 1.807) is 12.4 Å². The lowest BCUT2D eigenvalue weighted by Crippen LogP contribution is -2.50. The smallest absolute Gasteiger partial charge is 0.113 e. The fourth-order valence-corrected chi connectivity index (χ4v) is 4.74. The van der Waals surface area contributed by atoms with E-state index in [9.17, 15) is 5.26 Å². The fourth-order valence-electron chi connectivity index (χ4n) is 4.74. The summed E-state index contributed by atoms with van der Waals surface area (Å²) >= 11 is 0. The van der Waals surface area contributed by atoms with Gasteiger partial charge in [-0.15, -0.1) is 0 Å². The molecule has 1 saturated heterocycles. The number of benzene rings is 2. The normalized spacial score (nSPS) is 21.6. The molecule has 0 spiro atoms. The molecule has 2 aliphatic rings. The number of nitriles is 1. The minimum Gasteiger partial charge on any atom is -0.370 e. The molecule has 2 unspecified atom stereocenters. The van der Waals surface area contributed by atoms with Crippen LogP contribution in [-0.4, -0.2) is 46.7 Å². The van der Waals surface area contributed by atoms with Crippen molar-refractivity contribution in [1.82, 2.24) is 14.9 Å². The van der Waals surface area contributed by atoms with Gasteiger partial charge in [0.1, 0.15) is 17.1 Å². The Bertz CT molecular complexity index is 1140. The van der Waals surface area contributed by atoms with Gasteiger partial charge in [-0.3, -0.25) is 14.9 Å². The van der Waals surface area contributed by atoms with Crippen molar-refractivity contribution >= 4 is 16.7 Å². The average molecular weight is 399 g/mol. The molecule has 6 nitrogen and oxygen atoms in total. The number of nitrogens with zero attached hydrogens (tertiary/aromatic N) is 5. The van der Waals surface area contributed by atoms with Gasteiger partial charge in [-0.2, -0.15) is 5.26 Å². The van der Waals surface area contributed by atoms with Crippen LogP contribution in [0.15, 0.2) is 42.7 Å². The summed E-state index contributed by atoms with van der Waals surface area (Å²) in [5.74, 6) is 0. The molecule has 0 aliphatic carbocycles. The van der Waals surface area contributed by atoms with Gasteiger partial charge < -0.3 is 9.64 Å². The third kappa shape index (κ3) is 3.51. The average Bonchev–Trinajstić information content (AvgIpc) is 3.13. The Morgan fingerprint density at radius 3 is 2.70 bits per heavy atom. The second kappa shape index (κ2) is 7.67. The summed E-state index contributed by atoms with van der Waals surface area (Å²) in [7, 11) is 0. The number of hydrogen-bond donors (Lipinski definition) is 0. The molecule has 0 amide bonds. The topological polar surface area (TPSA) is 65.3 Å². The fraction of sp³-hybridized carbons (Fsp3) is 0.375. The van der Waals surface area contributed by atoms with Gasteiger partial charge in [-0.05, 0) is 37.1 Å². The highest BCUT2D eigenvalue weighted by Crippen LogP contribution is 2.30. The van der Waals surface area contributed by atoms with Crippen molar-refractivity contribution in [2.45, 2.75) is 39.1 Å². The summed E-state index contributed by atoms with van der Waals surface area (Å²) in [6.07, 6.45) is 3.58. The Kier molecular flexibility index (Phi) is 4.86. The molecule has 5 rings (SSSR count). The molecule has 30 heavy (non-hydrogen) atoms. The molecule has 3 heterocycles. The maximum Gasteiger partial charge on any atom is 0.113 e. The molecule has 0 radical (unpaired) electrons. The van der Waals surface area contributed by atoms with Crippen LogP contribution in [0.2, 0.25) is 0 Å². The van der Waals surface area contributed by atoms with Crippen molar-refractivity contribution in [2.24, 2.45) is 0 Å². The number of morpholine rings is 1. The van der Waals surface area contributed by atoms with Gasteiger partial charge in [-0.25, -0.2) is 0 Å². The number of rotatable bonds is 3. The third-order valence-electron chi connectivity index (χ3n) is 6.00. The number of aromatic nitrogens is 2. The summed E-state index contributed by atoms with van der Waals surface area (Å²) in [5.41, 5.74) is 7.21. The summed E-state index contributed by atoms with van der Waals surface area (Å²) in [4.78, 5) is 13.8. The first-order valence-electron chi connectivity index (χ1n) is 10.5. The predicted octanol–water partition coefficient (Wildman–Crippen LogP) is 3.42. The molecule has 6 heteroatoms. The SMILES string of the molecule is Cc1ccc2c(c1)CN(CC1CN(c3ccc(C#N)c4nccnc34)CC(C)O1)C2. The van der Waals surface area contributed by atoms with Crippen LogP contribution in [0.1, 0.15) is 29.2 Å². The number of aryl methyl sites for hydroxylation is 1. The standard InChI is InChI=1S/C24H25N5O/c1-16-3-4-19-12-28(13-20(19)9-16)14-21-15-29(11-17(2)30-21)22-6-5-18(10-25)23-24(22)27-8-7-26-23/h3-9,17,21H,11-15H2,1-2H3. The molecule has 0 bridgehead atoms. The number of hydrogen-bond acceptors (Lipinski definition) is 6. The van der Waals surface area contributed by atoms with E-state index >= 15 is 0 Å². The molecule has 1 aromatic heterocycles. The van der Waals surface area contributed by atoms with Crippen LogP contribution in [-0.2, 0) is 17.8 Å². The van der Waals surface area contributed by atoms with Crippen LogP contribution in [0.3, 0.4) is 0 Å². The highest BCUT2D eigenvalue weighted by molar-refractivity contribution is 5.92. The zero-order chi connectivity index (χ0) is 20.7. The molecule has 0 N–H and O–H groups in total. The van der Waals surface area contributed by atoms with Crippen molar-refractivity contribution in [2.75, 3.05) is 24.5 Å². The Labute approximate surface area is 176 Å². The van der Waals surface area contributed by atoms with Crippen molar-refractivity contribution < 1.29 is 4.74 Å². The summed E-state index contributed by atoms with van der Waals surface area (Å²) in [6, 6.07) is 12.8. The van der Waals surface area contributed by atoms with Crippen LogP contribution >= 0.6 is 0 Å². The van der Waals surface area contributed by atoms with Gasteiger partial charge in [0.05, 0.1) is 23.5 Å². The van der Waals surface area contributed by atoms with Crippen LogP contribution in [0.25, 0.3) is 11.0 Å². The van der Waals surface area contributed by atoms with E-state index in [-0.39, 0.29) is 12.2 Å². The van der Waals surface area contributed by atoms with Gasteiger partial charge in [-0.1, -0.05) is 23.8 Å². The monoisotopic (exact) mass is 399 g/mol. The van der Waals surface area contributed by atoms with Crippen molar-refractivity contribution in [3.63, 3.8) is 0 Å². The largest absolute Gasteiger partial charge is 0.370 e. The van der Waals surface area contributed by atoms with E-state index in [4.69, 9.17) is 4.74 Å². The minimum absolute atomic E-state index is 0.117. The van der Waals surface area contributed by atoms with Gasteiger partial charge in [0.25, 0.3) is 0 Å². The lowest BCUT2D eigenvalue weighted by atomic mass is 10.1. The van der Waals surface area contributed by atoms with Gasteiger partial charge in [0.2, 0.25) is 0 Å². The molecular formula is C24H25N5O. The van der Waals surface area contributed by atoms with E-state index in [2.05, 4.69) is 57.9 Å². The van der Waals surface area contributed by atoms with Crippen LogP contribution < -0.4 is 4.90 Å². The zero-order valence-electron chi connectivity index (χ0n) is 17.4. The van der Waals surface area contributed by atoms with E-state index in [1.807, 2.05) is 12.1 Å². The minimum atomic E-state index is 0.117. The summed E-state index contributed by atoms with van der Waals surface area (Å²) < 4.78 is 6.31. The number of anilines is 1. The van der Waals surface area contributed by atoms with Gasteiger partial charge in [0.15, 0.2) is 0 Å². The van der Waals surface area contributed by atoms with E-state index in [0.717, 1.165) is 43.9 Å². The van der Waals surface area contributed by atoms with Gasteiger partial charge in [0, 0.05) is 45.1 Å². The second-order valence-electron chi connectivity index (χ2n) is 8.41.